The number of hydrogen-bond acceptors (Lipinski definition) is 2. The molecule has 0 aromatic rings. The van der Waals surface area contributed by atoms with Crippen LogP contribution in [-0.4, -0.2) is 36.5 Å². The number of carbonyl (C=O) groups excluding carboxylic acids is 2. The van der Waals surface area contributed by atoms with Gasteiger partial charge in [-0.15, -0.1) is 0 Å². The van der Waals surface area contributed by atoms with Crippen LogP contribution in [0.4, 0.5) is 4.79 Å². The molecule has 16 heavy (non-hydrogen) atoms. The van der Waals surface area contributed by atoms with Crippen molar-refractivity contribution in [1.82, 2.24) is 10.2 Å². The molecule has 0 aromatic carbocycles. The van der Waals surface area contributed by atoms with E-state index in [0.717, 1.165) is 38.8 Å². The molecular formula is C11H21N3O2. The maximum absolute atomic E-state index is 11.6. The molecule has 5 heteroatoms. The number of urea groups is 1. The molecule has 1 saturated heterocycles. The average molecular weight is 227 g/mol. The number of unbranched alkanes of at least 4 members (excludes halogenated alkanes) is 1. The maximum Gasteiger partial charge on any atom is 0.317 e. The molecule has 0 radical (unpaired) electrons. The Kier molecular flexibility index (Phi) is 5.67. The molecule has 1 aliphatic heterocycles. The van der Waals surface area contributed by atoms with Crippen LogP contribution in [0.2, 0.25) is 0 Å². The Labute approximate surface area is 96.4 Å². The molecule has 0 aromatic heterocycles. The number of piperidine rings is 1. The highest BCUT2D eigenvalue weighted by molar-refractivity contribution is 5.74. The van der Waals surface area contributed by atoms with Gasteiger partial charge < -0.3 is 16.0 Å². The Bertz CT molecular complexity index is 237. The van der Waals surface area contributed by atoms with E-state index in [1.165, 1.54) is 6.42 Å². The van der Waals surface area contributed by atoms with Crippen molar-refractivity contribution in [1.29, 1.82) is 0 Å². The molecule has 3 N–H and O–H groups in total. The minimum absolute atomic E-state index is 0.0266. The topological polar surface area (TPSA) is 75.4 Å². The van der Waals surface area contributed by atoms with Crippen molar-refractivity contribution >= 4 is 11.9 Å². The zero-order valence-electron chi connectivity index (χ0n) is 9.71. The van der Waals surface area contributed by atoms with Crippen LogP contribution in [0.5, 0.6) is 0 Å². The van der Waals surface area contributed by atoms with Crippen molar-refractivity contribution in [2.45, 2.75) is 38.5 Å². The number of primary amides is 1. The van der Waals surface area contributed by atoms with Gasteiger partial charge in [-0.2, -0.15) is 0 Å². The molecule has 0 unspecified atom stereocenters. The van der Waals surface area contributed by atoms with Gasteiger partial charge in [0.25, 0.3) is 0 Å². The number of nitrogens with zero attached hydrogens (tertiary/aromatic N) is 1. The fraction of sp³-hybridized carbons (Fsp3) is 0.818. The summed E-state index contributed by atoms with van der Waals surface area (Å²) in [5, 5.41) is 2.86. The number of nitrogens with two attached hydrogens (primary N) is 1. The molecule has 1 fully saturated rings. The molecule has 1 rings (SSSR count). The lowest BCUT2D eigenvalue weighted by Gasteiger charge is -2.26. The Balaban J connectivity index is 2.03. The number of amides is 3. The zero-order chi connectivity index (χ0) is 11.8. The largest absolute Gasteiger partial charge is 0.370 e. The molecule has 0 atom stereocenters. The molecule has 1 heterocycles. The third kappa shape index (κ3) is 5.00. The summed E-state index contributed by atoms with van der Waals surface area (Å²) in [7, 11) is 0. The molecular weight excluding hydrogens is 206 g/mol. The van der Waals surface area contributed by atoms with Gasteiger partial charge in [-0.3, -0.25) is 4.79 Å². The number of carbonyl (C=O) groups is 2. The molecule has 3 amide bonds. The number of rotatable bonds is 5. The van der Waals surface area contributed by atoms with E-state index < -0.39 is 0 Å². The Morgan fingerprint density at radius 2 is 1.81 bits per heavy atom. The first kappa shape index (κ1) is 12.8. The van der Waals surface area contributed by atoms with Crippen LogP contribution in [0.1, 0.15) is 38.5 Å². The first-order valence-electron chi connectivity index (χ1n) is 6.01. The first-order chi connectivity index (χ1) is 7.70. The van der Waals surface area contributed by atoms with Gasteiger partial charge in [0.2, 0.25) is 5.91 Å². The minimum atomic E-state index is -0.276. The summed E-state index contributed by atoms with van der Waals surface area (Å²) in [4.78, 5) is 23.9. The molecule has 0 bridgehead atoms. The summed E-state index contributed by atoms with van der Waals surface area (Å²) < 4.78 is 0. The van der Waals surface area contributed by atoms with E-state index in [4.69, 9.17) is 5.73 Å². The first-order valence-corrected chi connectivity index (χ1v) is 6.01. The van der Waals surface area contributed by atoms with Crippen molar-refractivity contribution < 1.29 is 9.59 Å². The maximum atomic E-state index is 11.6. The second-order valence-corrected chi connectivity index (χ2v) is 4.20. The molecule has 0 aliphatic carbocycles. The Morgan fingerprint density at radius 3 is 2.44 bits per heavy atom. The quantitative estimate of drug-likeness (QED) is 0.683. The number of nitrogens with one attached hydrogen (secondary N) is 1. The number of likely N-dealkylation sites (tertiary alicyclic amines) is 1. The van der Waals surface area contributed by atoms with Gasteiger partial charge in [0.05, 0.1) is 0 Å². The van der Waals surface area contributed by atoms with Gasteiger partial charge in [-0.05, 0) is 32.1 Å². The highest BCUT2D eigenvalue weighted by Gasteiger charge is 2.15. The SMILES string of the molecule is NC(=O)CCCCNC(=O)N1CCCCC1. The summed E-state index contributed by atoms with van der Waals surface area (Å²) in [6.07, 6.45) is 5.39. The van der Waals surface area contributed by atoms with Gasteiger partial charge in [0.1, 0.15) is 0 Å². The van der Waals surface area contributed by atoms with Crippen LogP contribution in [-0.2, 0) is 4.79 Å². The highest BCUT2D eigenvalue weighted by atomic mass is 16.2. The van der Waals surface area contributed by atoms with Crippen molar-refractivity contribution in [2.75, 3.05) is 19.6 Å². The summed E-state index contributed by atoms with van der Waals surface area (Å²) in [6.45, 7) is 2.36. The van der Waals surface area contributed by atoms with E-state index in [0.29, 0.717) is 13.0 Å². The monoisotopic (exact) mass is 227 g/mol. The van der Waals surface area contributed by atoms with Crippen molar-refractivity contribution in [2.24, 2.45) is 5.73 Å². The van der Waals surface area contributed by atoms with Gasteiger partial charge >= 0.3 is 6.03 Å². The van der Waals surface area contributed by atoms with E-state index in [-0.39, 0.29) is 11.9 Å². The van der Waals surface area contributed by atoms with E-state index in [9.17, 15) is 9.59 Å². The fourth-order valence-electron chi connectivity index (χ4n) is 1.83. The lowest BCUT2D eigenvalue weighted by molar-refractivity contribution is -0.118. The Morgan fingerprint density at radius 1 is 1.12 bits per heavy atom. The molecule has 0 saturated carbocycles. The zero-order valence-corrected chi connectivity index (χ0v) is 9.71. The lowest BCUT2D eigenvalue weighted by Crippen LogP contribution is -2.43. The van der Waals surface area contributed by atoms with Gasteiger partial charge in [-0.1, -0.05) is 0 Å². The van der Waals surface area contributed by atoms with Crippen molar-refractivity contribution in [3.8, 4) is 0 Å². The molecule has 92 valence electrons. The van der Waals surface area contributed by atoms with Crippen molar-refractivity contribution in [3.63, 3.8) is 0 Å². The van der Waals surface area contributed by atoms with E-state index in [1.54, 1.807) is 0 Å². The average Bonchev–Trinajstić information content (AvgIpc) is 2.29. The third-order valence-corrected chi connectivity index (χ3v) is 2.77. The highest BCUT2D eigenvalue weighted by Crippen LogP contribution is 2.08. The predicted octanol–water partition coefficient (Wildman–Crippen LogP) is 0.837. The minimum Gasteiger partial charge on any atom is -0.370 e. The number of hydrogen-bond donors (Lipinski definition) is 2. The summed E-state index contributed by atoms with van der Waals surface area (Å²) in [6, 6.07) is 0.0266. The van der Waals surface area contributed by atoms with Crippen LogP contribution < -0.4 is 11.1 Å². The lowest BCUT2D eigenvalue weighted by atomic mass is 10.1. The Hall–Kier alpha value is -1.26. The van der Waals surface area contributed by atoms with Crippen LogP contribution in [0, 0.1) is 0 Å². The van der Waals surface area contributed by atoms with Crippen LogP contribution in [0.15, 0.2) is 0 Å². The van der Waals surface area contributed by atoms with Gasteiger partial charge in [0, 0.05) is 26.1 Å². The molecule has 1 aliphatic rings. The van der Waals surface area contributed by atoms with E-state index in [2.05, 4.69) is 5.32 Å². The standard InChI is InChI=1S/C11H21N3O2/c12-10(15)6-2-3-7-13-11(16)14-8-4-1-5-9-14/h1-9H2,(H2,12,15)(H,13,16). The van der Waals surface area contributed by atoms with E-state index in [1.807, 2.05) is 4.90 Å². The van der Waals surface area contributed by atoms with Gasteiger partial charge in [0.15, 0.2) is 0 Å². The summed E-state index contributed by atoms with van der Waals surface area (Å²) in [5.41, 5.74) is 5.02. The van der Waals surface area contributed by atoms with Crippen LogP contribution in [0.25, 0.3) is 0 Å². The molecule has 0 spiro atoms. The summed E-state index contributed by atoms with van der Waals surface area (Å²) >= 11 is 0. The van der Waals surface area contributed by atoms with E-state index >= 15 is 0 Å². The predicted molar refractivity (Wildman–Crippen MR) is 61.9 cm³/mol. The van der Waals surface area contributed by atoms with Crippen molar-refractivity contribution in [3.05, 3.63) is 0 Å². The fourth-order valence-corrected chi connectivity index (χ4v) is 1.83. The van der Waals surface area contributed by atoms with Crippen LogP contribution in [0.3, 0.4) is 0 Å². The smallest absolute Gasteiger partial charge is 0.317 e. The second kappa shape index (κ2) is 7.09. The second-order valence-electron chi connectivity index (χ2n) is 4.20. The normalized spacial score (nSPS) is 15.9. The summed E-state index contributed by atoms with van der Waals surface area (Å²) in [5.74, 6) is -0.276. The van der Waals surface area contributed by atoms with Crippen LogP contribution >= 0.6 is 0 Å². The van der Waals surface area contributed by atoms with Gasteiger partial charge in [-0.25, -0.2) is 4.79 Å². The third-order valence-electron chi connectivity index (χ3n) is 2.77. The molecule has 5 nitrogen and oxygen atoms in total.